The van der Waals surface area contributed by atoms with Crippen LogP contribution in [0.15, 0.2) is 24.3 Å². The normalized spacial score (nSPS) is 24.9. The molecule has 104 valence electrons. The summed E-state index contributed by atoms with van der Waals surface area (Å²) in [5.41, 5.74) is 7.08. The van der Waals surface area contributed by atoms with Gasteiger partial charge >= 0.3 is 5.97 Å². The number of carboxylic acids is 1. The summed E-state index contributed by atoms with van der Waals surface area (Å²) in [4.78, 5) is 10.8. The first kappa shape index (κ1) is 14.0. The Bertz CT molecular complexity index is 442. The van der Waals surface area contributed by atoms with E-state index in [1.165, 1.54) is 0 Å². The molecular weight excluding hydrogens is 250 g/mol. The number of rotatable bonds is 4. The van der Waals surface area contributed by atoms with Gasteiger partial charge in [-0.2, -0.15) is 0 Å². The van der Waals surface area contributed by atoms with E-state index < -0.39 is 24.4 Å². The number of benzene rings is 1. The summed E-state index contributed by atoms with van der Waals surface area (Å²) >= 11 is 0. The lowest BCUT2D eigenvalue weighted by Crippen LogP contribution is -2.34. The molecule has 19 heavy (non-hydrogen) atoms. The van der Waals surface area contributed by atoms with Gasteiger partial charge in [0.2, 0.25) is 0 Å². The molecule has 0 aromatic heterocycles. The van der Waals surface area contributed by atoms with Crippen molar-refractivity contribution >= 4 is 5.97 Å². The third kappa shape index (κ3) is 3.51. The maximum absolute atomic E-state index is 10.8. The molecule has 1 aromatic rings. The van der Waals surface area contributed by atoms with Gasteiger partial charge in [-0.05, 0) is 12.0 Å². The maximum atomic E-state index is 10.8. The van der Waals surface area contributed by atoms with E-state index in [9.17, 15) is 9.90 Å². The van der Waals surface area contributed by atoms with Crippen LogP contribution >= 0.6 is 0 Å². The van der Waals surface area contributed by atoms with Crippen LogP contribution in [0.3, 0.4) is 0 Å². The first-order valence-electron chi connectivity index (χ1n) is 6.05. The van der Waals surface area contributed by atoms with Crippen LogP contribution in [0.2, 0.25) is 0 Å². The molecule has 0 saturated carbocycles. The Labute approximate surface area is 110 Å². The molecule has 1 fully saturated rings. The van der Waals surface area contributed by atoms with Crippen molar-refractivity contribution in [3.63, 3.8) is 0 Å². The van der Waals surface area contributed by atoms with Crippen LogP contribution in [-0.4, -0.2) is 41.5 Å². The quantitative estimate of drug-likeness (QED) is 0.712. The fourth-order valence-electron chi connectivity index (χ4n) is 1.95. The molecule has 0 bridgehead atoms. The van der Waals surface area contributed by atoms with E-state index in [0.29, 0.717) is 0 Å². The summed E-state index contributed by atoms with van der Waals surface area (Å²) < 4.78 is 10.8. The highest BCUT2D eigenvalue weighted by molar-refractivity contribution is 5.73. The number of hydrogen-bond acceptors (Lipinski definition) is 5. The zero-order chi connectivity index (χ0) is 13.8. The van der Waals surface area contributed by atoms with Crippen molar-refractivity contribution in [2.24, 2.45) is 5.73 Å². The molecule has 2 rings (SSSR count). The lowest BCUT2D eigenvalue weighted by atomic mass is 10.00. The van der Waals surface area contributed by atoms with E-state index in [2.05, 4.69) is 0 Å². The Morgan fingerprint density at radius 1 is 1.37 bits per heavy atom. The second-order valence-corrected chi connectivity index (χ2v) is 4.50. The monoisotopic (exact) mass is 267 g/mol. The molecular formula is C13H17NO5. The summed E-state index contributed by atoms with van der Waals surface area (Å²) in [5.74, 6) is -1.05. The number of aliphatic hydroxyl groups is 1. The van der Waals surface area contributed by atoms with E-state index >= 15 is 0 Å². The summed E-state index contributed by atoms with van der Waals surface area (Å²) in [6.45, 7) is 0.397. The average molecular weight is 267 g/mol. The molecule has 1 heterocycles. The van der Waals surface area contributed by atoms with Crippen molar-refractivity contribution in [3.8, 4) is 0 Å². The molecule has 1 atom stereocenters. The highest BCUT2D eigenvalue weighted by Crippen LogP contribution is 2.26. The topological polar surface area (TPSA) is 102 Å². The molecule has 4 N–H and O–H groups in total. The highest BCUT2D eigenvalue weighted by atomic mass is 16.7. The van der Waals surface area contributed by atoms with Crippen LogP contribution in [0.1, 0.15) is 17.4 Å². The molecule has 1 aromatic carbocycles. The molecule has 1 aliphatic rings. The van der Waals surface area contributed by atoms with Gasteiger partial charge in [0.05, 0.1) is 13.2 Å². The van der Waals surface area contributed by atoms with E-state index in [-0.39, 0.29) is 19.6 Å². The van der Waals surface area contributed by atoms with E-state index in [1.54, 1.807) is 6.07 Å². The Morgan fingerprint density at radius 3 is 2.63 bits per heavy atom. The minimum Gasteiger partial charge on any atom is -0.480 e. The van der Waals surface area contributed by atoms with Gasteiger partial charge in [-0.3, -0.25) is 4.79 Å². The molecule has 1 saturated heterocycles. The SMILES string of the molecule is N[C@@H](Cc1ccccc1C1OCC(O)CO1)C(=O)O. The van der Waals surface area contributed by atoms with Gasteiger partial charge < -0.3 is 25.4 Å². The van der Waals surface area contributed by atoms with Crippen LogP contribution in [0.4, 0.5) is 0 Å². The predicted molar refractivity (Wildman–Crippen MR) is 66.4 cm³/mol. The van der Waals surface area contributed by atoms with Crippen molar-refractivity contribution in [1.29, 1.82) is 0 Å². The van der Waals surface area contributed by atoms with Gasteiger partial charge in [0, 0.05) is 5.56 Å². The van der Waals surface area contributed by atoms with Crippen molar-refractivity contribution in [1.82, 2.24) is 0 Å². The largest absolute Gasteiger partial charge is 0.480 e. The van der Waals surface area contributed by atoms with Gasteiger partial charge in [-0.15, -0.1) is 0 Å². The summed E-state index contributed by atoms with van der Waals surface area (Å²) in [5, 5.41) is 18.2. The fraction of sp³-hybridized carbons (Fsp3) is 0.462. The van der Waals surface area contributed by atoms with Gasteiger partial charge in [0.15, 0.2) is 6.29 Å². The first-order chi connectivity index (χ1) is 9.08. The van der Waals surface area contributed by atoms with Crippen LogP contribution in [0.25, 0.3) is 0 Å². The first-order valence-corrected chi connectivity index (χ1v) is 6.05. The summed E-state index contributed by atoms with van der Waals surface area (Å²) in [6.07, 6.45) is -0.998. The van der Waals surface area contributed by atoms with Crippen LogP contribution in [0, 0.1) is 0 Å². The van der Waals surface area contributed by atoms with E-state index in [4.69, 9.17) is 20.3 Å². The average Bonchev–Trinajstić information content (AvgIpc) is 2.40. The number of aliphatic hydroxyl groups excluding tert-OH is 1. The molecule has 0 spiro atoms. The molecule has 0 aliphatic carbocycles. The Kier molecular flexibility index (Phi) is 4.49. The number of nitrogens with two attached hydrogens (primary N) is 1. The van der Waals surface area contributed by atoms with Gasteiger partial charge in [-0.25, -0.2) is 0 Å². The standard InChI is InChI=1S/C13H17NO5/c14-11(12(16)17)5-8-3-1-2-4-10(8)13-18-6-9(15)7-19-13/h1-4,9,11,13,15H,5-7,14H2,(H,16,17)/t9?,11-,13?/m0/s1. The Balaban J connectivity index is 2.14. The Hall–Kier alpha value is -1.47. The zero-order valence-electron chi connectivity index (χ0n) is 10.4. The van der Waals surface area contributed by atoms with Crippen LogP contribution < -0.4 is 5.73 Å². The lowest BCUT2D eigenvalue weighted by molar-refractivity contribution is -0.220. The molecule has 0 radical (unpaired) electrons. The highest BCUT2D eigenvalue weighted by Gasteiger charge is 2.25. The number of carboxylic acid groups (broad SMARTS) is 1. The third-order valence-electron chi connectivity index (χ3n) is 2.95. The minimum atomic E-state index is -1.05. The summed E-state index contributed by atoms with van der Waals surface area (Å²) in [6, 6.07) is 6.28. The number of aliphatic carboxylic acids is 1. The van der Waals surface area contributed by atoms with Crippen LogP contribution in [0.5, 0.6) is 0 Å². The van der Waals surface area contributed by atoms with Gasteiger partial charge in [0.25, 0.3) is 0 Å². The van der Waals surface area contributed by atoms with Gasteiger partial charge in [-0.1, -0.05) is 24.3 Å². The Morgan fingerprint density at radius 2 is 2.00 bits per heavy atom. The van der Waals surface area contributed by atoms with Crippen molar-refractivity contribution in [2.75, 3.05) is 13.2 Å². The summed E-state index contributed by atoms with van der Waals surface area (Å²) in [7, 11) is 0. The number of ether oxygens (including phenoxy) is 2. The van der Waals surface area contributed by atoms with Gasteiger partial charge in [0.1, 0.15) is 12.1 Å². The third-order valence-corrected chi connectivity index (χ3v) is 2.95. The lowest BCUT2D eigenvalue weighted by Gasteiger charge is -2.28. The minimum absolute atomic E-state index is 0.198. The number of hydrogen-bond donors (Lipinski definition) is 3. The van der Waals surface area contributed by atoms with Crippen molar-refractivity contribution in [2.45, 2.75) is 24.9 Å². The molecule has 0 amide bonds. The molecule has 6 heteroatoms. The number of carbonyl (C=O) groups is 1. The van der Waals surface area contributed by atoms with E-state index in [1.807, 2.05) is 18.2 Å². The zero-order valence-corrected chi connectivity index (χ0v) is 10.4. The van der Waals surface area contributed by atoms with Crippen LogP contribution in [-0.2, 0) is 20.7 Å². The predicted octanol–water partition coefficient (Wildman–Crippen LogP) is 0.0473. The van der Waals surface area contributed by atoms with Crippen molar-refractivity contribution < 1.29 is 24.5 Å². The second kappa shape index (κ2) is 6.12. The van der Waals surface area contributed by atoms with Crippen molar-refractivity contribution in [3.05, 3.63) is 35.4 Å². The molecule has 0 unspecified atom stereocenters. The molecule has 1 aliphatic heterocycles. The maximum Gasteiger partial charge on any atom is 0.320 e. The molecule has 6 nitrogen and oxygen atoms in total. The second-order valence-electron chi connectivity index (χ2n) is 4.50. The smallest absolute Gasteiger partial charge is 0.320 e. The fourth-order valence-corrected chi connectivity index (χ4v) is 1.95. The van der Waals surface area contributed by atoms with E-state index in [0.717, 1.165) is 11.1 Å².